The summed E-state index contributed by atoms with van der Waals surface area (Å²) in [5.41, 5.74) is 5.88. The highest BCUT2D eigenvalue weighted by Crippen LogP contribution is 2.27. The Hall–Kier alpha value is -3.61. The van der Waals surface area contributed by atoms with Crippen LogP contribution in [-0.2, 0) is 13.0 Å². The fourth-order valence-corrected chi connectivity index (χ4v) is 4.55. The van der Waals surface area contributed by atoms with Crippen molar-refractivity contribution in [2.24, 2.45) is 0 Å². The van der Waals surface area contributed by atoms with Gasteiger partial charge in [-0.2, -0.15) is 0 Å². The molecule has 4 aromatic rings. The minimum atomic E-state index is 0.707. The SMILES string of the molecule is COc1ccc(CCNCc2csc(NCC=C(c3ccccc3)c3ccccc3)n2)cc1OC. The molecule has 0 aliphatic carbocycles. The van der Waals surface area contributed by atoms with E-state index in [2.05, 4.69) is 76.7 Å². The molecule has 1 heterocycles. The summed E-state index contributed by atoms with van der Waals surface area (Å²) in [7, 11) is 3.31. The normalized spacial score (nSPS) is 10.6. The second kappa shape index (κ2) is 12.7. The van der Waals surface area contributed by atoms with E-state index in [0.29, 0.717) is 6.54 Å². The molecule has 180 valence electrons. The molecule has 0 fully saturated rings. The second-order valence-corrected chi connectivity index (χ2v) is 8.85. The molecule has 0 bridgehead atoms. The van der Waals surface area contributed by atoms with Crippen LogP contribution in [0.15, 0.2) is 90.3 Å². The van der Waals surface area contributed by atoms with Crippen LogP contribution in [0.5, 0.6) is 11.5 Å². The van der Waals surface area contributed by atoms with E-state index >= 15 is 0 Å². The van der Waals surface area contributed by atoms with E-state index < -0.39 is 0 Å². The van der Waals surface area contributed by atoms with Gasteiger partial charge in [0.2, 0.25) is 0 Å². The molecule has 1 aromatic heterocycles. The number of methoxy groups -OCH3 is 2. The third-order valence-corrected chi connectivity index (χ3v) is 6.47. The molecule has 3 aromatic carbocycles. The summed E-state index contributed by atoms with van der Waals surface area (Å²) < 4.78 is 10.7. The molecular formula is C29H31N3O2S. The van der Waals surface area contributed by atoms with Gasteiger partial charge in [-0.3, -0.25) is 0 Å². The fraction of sp³-hybridized carbons (Fsp3) is 0.207. The first-order valence-electron chi connectivity index (χ1n) is 11.7. The molecule has 35 heavy (non-hydrogen) atoms. The summed E-state index contributed by atoms with van der Waals surface area (Å²) in [4.78, 5) is 4.73. The Labute approximate surface area is 211 Å². The van der Waals surface area contributed by atoms with Gasteiger partial charge in [0, 0.05) is 18.5 Å². The van der Waals surface area contributed by atoms with Crippen LogP contribution in [-0.4, -0.2) is 32.3 Å². The summed E-state index contributed by atoms with van der Waals surface area (Å²) in [6.07, 6.45) is 3.13. The van der Waals surface area contributed by atoms with Gasteiger partial charge in [0.05, 0.1) is 19.9 Å². The summed E-state index contributed by atoms with van der Waals surface area (Å²) in [5.74, 6) is 1.51. The van der Waals surface area contributed by atoms with E-state index in [4.69, 9.17) is 14.5 Å². The molecule has 0 amide bonds. The van der Waals surface area contributed by atoms with Crippen molar-refractivity contribution >= 4 is 22.0 Å². The van der Waals surface area contributed by atoms with Gasteiger partial charge in [-0.15, -0.1) is 11.3 Å². The third-order valence-electron chi connectivity index (χ3n) is 5.63. The van der Waals surface area contributed by atoms with E-state index in [1.165, 1.54) is 22.3 Å². The number of anilines is 1. The largest absolute Gasteiger partial charge is 0.493 e. The van der Waals surface area contributed by atoms with Crippen LogP contribution >= 0.6 is 11.3 Å². The minimum Gasteiger partial charge on any atom is -0.493 e. The predicted octanol–water partition coefficient (Wildman–Crippen LogP) is 6.04. The number of aromatic nitrogens is 1. The van der Waals surface area contributed by atoms with Crippen molar-refractivity contribution in [3.8, 4) is 11.5 Å². The second-order valence-electron chi connectivity index (χ2n) is 7.99. The number of nitrogens with one attached hydrogen (secondary N) is 2. The Morgan fingerprint density at radius 1 is 0.886 bits per heavy atom. The van der Waals surface area contributed by atoms with Crippen molar-refractivity contribution in [3.63, 3.8) is 0 Å². The lowest BCUT2D eigenvalue weighted by atomic mass is 9.98. The predicted molar refractivity (Wildman–Crippen MR) is 146 cm³/mol. The molecule has 4 rings (SSSR count). The maximum atomic E-state index is 5.39. The highest BCUT2D eigenvalue weighted by Gasteiger charge is 2.06. The number of thiazole rings is 1. The first-order valence-corrected chi connectivity index (χ1v) is 12.6. The molecule has 6 heteroatoms. The van der Waals surface area contributed by atoms with Crippen molar-refractivity contribution in [2.75, 3.05) is 32.6 Å². The van der Waals surface area contributed by atoms with Crippen LogP contribution in [0.4, 0.5) is 5.13 Å². The van der Waals surface area contributed by atoms with Crippen LogP contribution in [0, 0.1) is 0 Å². The lowest BCUT2D eigenvalue weighted by Gasteiger charge is -2.10. The molecule has 0 aliphatic heterocycles. The van der Waals surface area contributed by atoms with E-state index in [-0.39, 0.29) is 0 Å². The lowest BCUT2D eigenvalue weighted by Crippen LogP contribution is -2.17. The zero-order chi connectivity index (χ0) is 24.3. The Bertz CT molecular complexity index is 1180. The van der Waals surface area contributed by atoms with E-state index in [9.17, 15) is 0 Å². The van der Waals surface area contributed by atoms with Crippen LogP contribution in [0.3, 0.4) is 0 Å². The summed E-state index contributed by atoms with van der Waals surface area (Å²) in [6.45, 7) is 2.30. The first-order chi connectivity index (χ1) is 17.3. The minimum absolute atomic E-state index is 0.707. The number of rotatable bonds is 12. The van der Waals surface area contributed by atoms with Gasteiger partial charge in [-0.25, -0.2) is 4.98 Å². The first kappa shape index (κ1) is 24.5. The molecule has 0 saturated heterocycles. The van der Waals surface area contributed by atoms with Gasteiger partial charge >= 0.3 is 0 Å². The Morgan fingerprint density at radius 3 is 2.23 bits per heavy atom. The Morgan fingerprint density at radius 2 is 1.57 bits per heavy atom. The van der Waals surface area contributed by atoms with Gasteiger partial charge in [0.1, 0.15) is 0 Å². The Kier molecular flexibility index (Phi) is 8.92. The van der Waals surface area contributed by atoms with E-state index in [1.54, 1.807) is 25.6 Å². The quantitative estimate of drug-likeness (QED) is 0.240. The Balaban J connectivity index is 1.28. The molecule has 0 spiro atoms. The van der Waals surface area contributed by atoms with E-state index in [1.807, 2.05) is 24.3 Å². The van der Waals surface area contributed by atoms with Crippen LogP contribution in [0.2, 0.25) is 0 Å². The van der Waals surface area contributed by atoms with Crippen molar-refractivity contribution in [3.05, 3.63) is 113 Å². The van der Waals surface area contributed by atoms with Gasteiger partial charge in [-0.05, 0) is 47.4 Å². The number of benzene rings is 3. The molecular weight excluding hydrogens is 454 g/mol. The van der Waals surface area contributed by atoms with E-state index in [0.717, 1.165) is 41.8 Å². The summed E-state index contributed by atoms with van der Waals surface area (Å²) in [5, 5.41) is 9.96. The van der Waals surface area contributed by atoms with Gasteiger partial charge in [0.25, 0.3) is 0 Å². The van der Waals surface area contributed by atoms with Crippen LogP contribution in [0.25, 0.3) is 5.57 Å². The molecule has 5 nitrogen and oxygen atoms in total. The standard InChI is InChI=1S/C29H31N3O2S/c1-33-27-14-13-22(19-28(27)34-2)15-17-30-20-25-21-35-29(32-25)31-18-16-26(23-9-5-3-6-10-23)24-11-7-4-8-12-24/h3-14,16,19,21,30H,15,17-18,20H2,1-2H3,(H,31,32). The van der Waals surface area contributed by atoms with Crippen molar-refractivity contribution < 1.29 is 9.47 Å². The molecule has 0 unspecified atom stereocenters. The maximum Gasteiger partial charge on any atom is 0.183 e. The van der Waals surface area contributed by atoms with Crippen molar-refractivity contribution in [1.29, 1.82) is 0 Å². The molecule has 0 aliphatic rings. The average Bonchev–Trinajstić information content (AvgIpc) is 3.37. The zero-order valence-electron chi connectivity index (χ0n) is 20.2. The van der Waals surface area contributed by atoms with Crippen molar-refractivity contribution in [2.45, 2.75) is 13.0 Å². The molecule has 2 N–H and O–H groups in total. The van der Waals surface area contributed by atoms with Gasteiger partial charge < -0.3 is 20.1 Å². The highest BCUT2D eigenvalue weighted by atomic mass is 32.1. The third kappa shape index (κ3) is 6.94. The lowest BCUT2D eigenvalue weighted by molar-refractivity contribution is 0.354. The topological polar surface area (TPSA) is 55.4 Å². The zero-order valence-corrected chi connectivity index (χ0v) is 21.0. The number of hydrogen-bond acceptors (Lipinski definition) is 6. The summed E-state index contributed by atoms with van der Waals surface area (Å²) >= 11 is 1.63. The average molecular weight is 486 g/mol. The van der Waals surface area contributed by atoms with Gasteiger partial charge in [0.15, 0.2) is 16.6 Å². The highest BCUT2D eigenvalue weighted by molar-refractivity contribution is 7.13. The molecule has 0 radical (unpaired) electrons. The number of ether oxygens (including phenoxy) is 2. The summed E-state index contributed by atoms with van der Waals surface area (Å²) in [6, 6.07) is 27.0. The van der Waals surface area contributed by atoms with Crippen LogP contribution < -0.4 is 20.1 Å². The fourth-order valence-electron chi connectivity index (χ4n) is 3.83. The number of hydrogen-bond donors (Lipinski definition) is 2. The number of nitrogens with zero attached hydrogens (tertiary/aromatic N) is 1. The van der Waals surface area contributed by atoms with Crippen LogP contribution in [0.1, 0.15) is 22.4 Å². The monoisotopic (exact) mass is 485 g/mol. The molecule has 0 atom stereocenters. The smallest absolute Gasteiger partial charge is 0.183 e. The van der Waals surface area contributed by atoms with Crippen molar-refractivity contribution in [1.82, 2.24) is 10.3 Å². The molecule has 0 saturated carbocycles. The maximum absolute atomic E-state index is 5.39. The van der Waals surface area contributed by atoms with Gasteiger partial charge in [-0.1, -0.05) is 72.8 Å².